The summed E-state index contributed by atoms with van der Waals surface area (Å²) in [5, 5.41) is 10.0. The first kappa shape index (κ1) is 10.0. The molecular weight excluding hydrogens is 192 g/mol. The number of nitrogens with one attached hydrogen (secondary N) is 1. The van der Waals surface area contributed by atoms with Crippen molar-refractivity contribution in [2.24, 2.45) is 5.73 Å². The third kappa shape index (κ3) is 1.82. The van der Waals surface area contributed by atoms with Crippen LogP contribution < -0.4 is 10.5 Å². The first-order chi connectivity index (χ1) is 7.24. The van der Waals surface area contributed by atoms with Gasteiger partial charge in [0.1, 0.15) is 5.75 Å². The van der Waals surface area contributed by atoms with Gasteiger partial charge in [-0.15, -0.1) is 0 Å². The first-order valence-corrected chi connectivity index (χ1v) is 4.77. The van der Waals surface area contributed by atoms with Crippen LogP contribution in [0.5, 0.6) is 5.75 Å². The Labute approximate surface area is 87.7 Å². The van der Waals surface area contributed by atoms with Crippen molar-refractivity contribution in [3.05, 3.63) is 30.0 Å². The minimum absolute atomic E-state index is 0.0655. The Kier molecular flexibility index (Phi) is 2.62. The number of hydrogen-bond acceptors (Lipinski definition) is 3. The van der Waals surface area contributed by atoms with Crippen LogP contribution in [0.15, 0.2) is 24.3 Å². The van der Waals surface area contributed by atoms with E-state index in [0.29, 0.717) is 0 Å². The highest BCUT2D eigenvalue weighted by Gasteiger charge is 2.08. The lowest BCUT2D eigenvalue weighted by atomic mass is 10.2. The van der Waals surface area contributed by atoms with Gasteiger partial charge in [-0.3, -0.25) is 0 Å². The van der Waals surface area contributed by atoms with Crippen LogP contribution in [0.3, 0.4) is 0 Å². The van der Waals surface area contributed by atoms with E-state index in [9.17, 15) is 0 Å². The van der Waals surface area contributed by atoms with Gasteiger partial charge >= 0.3 is 0 Å². The molecule has 0 bridgehead atoms. The summed E-state index contributed by atoms with van der Waals surface area (Å²) in [6.45, 7) is -0.0655. The predicted molar refractivity (Wildman–Crippen MR) is 58.9 cm³/mol. The summed E-state index contributed by atoms with van der Waals surface area (Å²) in [7, 11) is 1.63. The van der Waals surface area contributed by atoms with Gasteiger partial charge in [-0.05, 0) is 23.6 Å². The van der Waals surface area contributed by atoms with Crippen molar-refractivity contribution in [3.63, 3.8) is 0 Å². The number of nitrogens with two attached hydrogens (primary N) is 1. The van der Waals surface area contributed by atoms with Crippen LogP contribution in [-0.2, 0) is 0 Å². The lowest BCUT2D eigenvalue weighted by Crippen LogP contribution is -2.14. The molecular formula is C11H14N2O2. The smallest absolute Gasteiger partial charge is 0.120 e. The van der Waals surface area contributed by atoms with Gasteiger partial charge in [-0.1, -0.05) is 0 Å². The van der Waals surface area contributed by atoms with Crippen LogP contribution in [0.1, 0.15) is 11.7 Å². The molecule has 0 radical (unpaired) electrons. The Bertz CT molecular complexity index is 465. The fourth-order valence-electron chi connectivity index (χ4n) is 1.55. The van der Waals surface area contributed by atoms with E-state index in [0.717, 1.165) is 22.3 Å². The van der Waals surface area contributed by atoms with Crippen LogP contribution in [0.4, 0.5) is 0 Å². The normalized spacial score (nSPS) is 13.0. The van der Waals surface area contributed by atoms with Crippen molar-refractivity contribution < 1.29 is 9.84 Å². The Morgan fingerprint density at radius 3 is 2.93 bits per heavy atom. The number of ether oxygens (including phenoxy) is 1. The SMILES string of the molecule is COc1ccc2cc([C@H](N)CO)[nH]c2c1. The van der Waals surface area contributed by atoms with E-state index in [2.05, 4.69) is 4.98 Å². The number of benzene rings is 1. The summed E-state index contributed by atoms with van der Waals surface area (Å²) in [6, 6.07) is 7.34. The van der Waals surface area contributed by atoms with Crippen LogP contribution >= 0.6 is 0 Å². The van der Waals surface area contributed by atoms with Gasteiger partial charge in [0.15, 0.2) is 0 Å². The topological polar surface area (TPSA) is 71.3 Å². The molecule has 1 aromatic carbocycles. The predicted octanol–water partition coefficient (Wildman–Crippen LogP) is 1.17. The number of methoxy groups -OCH3 is 1. The summed E-state index contributed by atoms with van der Waals surface area (Å²) in [5.74, 6) is 0.800. The molecule has 0 spiro atoms. The van der Waals surface area contributed by atoms with Gasteiger partial charge in [0, 0.05) is 17.3 Å². The molecule has 0 unspecified atom stereocenters. The van der Waals surface area contributed by atoms with Crippen molar-refractivity contribution in [1.82, 2.24) is 4.98 Å². The zero-order valence-corrected chi connectivity index (χ0v) is 8.53. The van der Waals surface area contributed by atoms with Gasteiger partial charge in [0.2, 0.25) is 0 Å². The van der Waals surface area contributed by atoms with E-state index in [1.807, 2.05) is 24.3 Å². The highest BCUT2D eigenvalue weighted by atomic mass is 16.5. The van der Waals surface area contributed by atoms with E-state index >= 15 is 0 Å². The maximum absolute atomic E-state index is 8.94. The van der Waals surface area contributed by atoms with Crippen LogP contribution in [0, 0.1) is 0 Å². The standard InChI is InChI=1S/C11H14N2O2/c1-15-8-3-2-7-4-11(9(12)6-14)13-10(7)5-8/h2-5,9,13-14H,6,12H2,1H3/t9-/m1/s1. The van der Waals surface area contributed by atoms with E-state index in [1.54, 1.807) is 7.11 Å². The molecule has 0 fully saturated rings. The molecule has 2 aromatic rings. The van der Waals surface area contributed by atoms with Crippen molar-refractivity contribution in [2.45, 2.75) is 6.04 Å². The second kappa shape index (κ2) is 3.92. The van der Waals surface area contributed by atoms with Gasteiger partial charge < -0.3 is 20.6 Å². The molecule has 1 atom stereocenters. The Morgan fingerprint density at radius 1 is 1.47 bits per heavy atom. The molecule has 80 valence electrons. The fraction of sp³-hybridized carbons (Fsp3) is 0.273. The summed E-state index contributed by atoms with van der Waals surface area (Å²) >= 11 is 0. The number of fused-ring (bicyclic) bond motifs is 1. The quantitative estimate of drug-likeness (QED) is 0.706. The number of H-pyrrole nitrogens is 1. The molecule has 0 aliphatic carbocycles. The van der Waals surface area contributed by atoms with E-state index in [-0.39, 0.29) is 12.6 Å². The maximum atomic E-state index is 8.94. The minimum Gasteiger partial charge on any atom is -0.497 e. The van der Waals surface area contributed by atoms with Crippen molar-refractivity contribution in [1.29, 1.82) is 0 Å². The fourth-order valence-corrected chi connectivity index (χ4v) is 1.55. The number of rotatable bonds is 3. The summed E-state index contributed by atoms with van der Waals surface area (Å²) < 4.78 is 5.12. The van der Waals surface area contributed by atoms with Crippen molar-refractivity contribution in [2.75, 3.05) is 13.7 Å². The van der Waals surface area contributed by atoms with Crippen molar-refractivity contribution >= 4 is 10.9 Å². The zero-order valence-electron chi connectivity index (χ0n) is 8.53. The lowest BCUT2D eigenvalue weighted by Gasteiger charge is -2.03. The molecule has 4 N–H and O–H groups in total. The molecule has 4 heteroatoms. The molecule has 0 aliphatic rings. The van der Waals surface area contributed by atoms with Crippen LogP contribution in [0.25, 0.3) is 10.9 Å². The largest absolute Gasteiger partial charge is 0.497 e. The third-order valence-corrected chi connectivity index (χ3v) is 2.45. The lowest BCUT2D eigenvalue weighted by molar-refractivity contribution is 0.266. The number of aromatic amines is 1. The molecule has 0 saturated carbocycles. The number of aliphatic hydroxyl groups excluding tert-OH is 1. The van der Waals surface area contributed by atoms with Gasteiger partial charge in [-0.2, -0.15) is 0 Å². The number of hydrogen-bond donors (Lipinski definition) is 3. The molecule has 2 rings (SSSR count). The van der Waals surface area contributed by atoms with E-state index in [4.69, 9.17) is 15.6 Å². The van der Waals surface area contributed by atoms with E-state index < -0.39 is 0 Å². The second-order valence-electron chi connectivity index (χ2n) is 3.47. The molecule has 1 aromatic heterocycles. The molecule has 0 aliphatic heterocycles. The van der Waals surface area contributed by atoms with Crippen molar-refractivity contribution in [3.8, 4) is 5.75 Å². The first-order valence-electron chi connectivity index (χ1n) is 4.77. The molecule has 4 nitrogen and oxygen atoms in total. The number of aromatic nitrogens is 1. The van der Waals surface area contributed by atoms with Crippen LogP contribution in [-0.4, -0.2) is 23.8 Å². The van der Waals surface area contributed by atoms with Gasteiger partial charge in [0.05, 0.1) is 19.8 Å². The Morgan fingerprint density at radius 2 is 2.27 bits per heavy atom. The summed E-state index contributed by atoms with van der Waals surface area (Å²) in [6.07, 6.45) is 0. The van der Waals surface area contributed by atoms with Gasteiger partial charge in [-0.25, -0.2) is 0 Å². The Balaban J connectivity index is 2.46. The average molecular weight is 206 g/mol. The highest BCUT2D eigenvalue weighted by Crippen LogP contribution is 2.23. The van der Waals surface area contributed by atoms with Crippen LogP contribution in [0.2, 0.25) is 0 Å². The highest BCUT2D eigenvalue weighted by molar-refractivity contribution is 5.82. The second-order valence-corrected chi connectivity index (χ2v) is 3.47. The molecule has 1 heterocycles. The van der Waals surface area contributed by atoms with E-state index in [1.165, 1.54) is 0 Å². The summed E-state index contributed by atoms with van der Waals surface area (Å²) in [5.41, 5.74) is 7.52. The molecule has 0 saturated heterocycles. The summed E-state index contributed by atoms with van der Waals surface area (Å²) in [4.78, 5) is 3.16. The minimum atomic E-state index is -0.358. The average Bonchev–Trinajstić information content (AvgIpc) is 2.70. The zero-order chi connectivity index (χ0) is 10.8. The molecule has 0 amide bonds. The number of aliphatic hydroxyl groups is 1. The Hall–Kier alpha value is -1.52. The molecule has 15 heavy (non-hydrogen) atoms. The van der Waals surface area contributed by atoms with Gasteiger partial charge in [0.25, 0.3) is 0 Å². The monoisotopic (exact) mass is 206 g/mol. The maximum Gasteiger partial charge on any atom is 0.120 e. The third-order valence-electron chi connectivity index (χ3n) is 2.45.